The minimum absolute atomic E-state index is 0.496. The number of benzene rings is 3. The Balaban J connectivity index is 0.000000659. The Morgan fingerprint density at radius 2 is 1.26 bits per heavy atom. The van der Waals surface area contributed by atoms with Gasteiger partial charge >= 0.3 is 11.4 Å². The van der Waals surface area contributed by atoms with Crippen LogP contribution in [0.1, 0.15) is 29.7 Å². The average molecular weight is 377 g/mol. The molecule has 136 valence electrons. The lowest BCUT2D eigenvalue weighted by Gasteiger charge is -2.32. The molecule has 0 amide bonds. The molecule has 1 unspecified atom stereocenters. The van der Waals surface area contributed by atoms with E-state index in [-0.39, 0.29) is 0 Å². The molecule has 0 N–H and O–H groups in total. The summed E-state index contributed by atoms with van der Waals surface area (Å²) in [5.74, 6) is 0. The molecule has 0 spiro atoms. The lowest BCUT2D eigenvalue weighted by atomic mass is 9.79. The van der Waals surface area contributed by atoms with Crippen molar-refractivity contribution in [3.63, 3.8) is 0 Å². The molecule has 27 heavy (non-hydrogen) atoms. The Morgan fingerprint density at radius 1 is 0.852 bits per heavy atom. The van der Waals surface area contributed by atoms with Gasteiger partial charge in [0.25, 0.3) is 0 Å². The van der Waals surface area contributed by atoms with Crippen LogP contribution in [0.15, 0.2) is 91.0 Å². The normalized spacial score (nSPS) is 20.1. The lowest BCUT2D eigenvalue weighted by Crippen LogP contribution is -2.33. The first-order valence-corrected chi connectivity index (χ1v) is 9.47. The van der Waals surface area contributed by atoms with Crippen molar-refractivity contribution in [3.05, 3.63) is 108 Å². The molecule has 0 aromatic heterocycles. The monoisotopic (exact) mass is 377 g/mol. The van der Waals surface area contributed by atoms with Crippen LogP contribution in [0.25, 0.3) is 0 Å². The Hall–Kier alpha value is -2.78. The van der Waals surface area contributed by atoms with Crippen molar-refractivity contribution in [2.24, 2.45) is 0 Å². The van der Waals surface area contributed by atoms with Gasteiger partial charge in [0.05, 0.1) is 6.07 Å². The number of nitrogens with zero attached hydrogens (tertiary/aromatic N) is 1. The Bertz CT molecular complexity index is 885. The molecule has 4 rings (SSSR count). The average Bonchev–Trinajstić information content (AvgIpc) is 3.09. The molecular weight excluding hydrogens is 358 g/mol. The third-order valence-electron chi connectivity index (χ3n) is 4.25. The van der Waals surface area contributed by atoms with Crippen LogP contribution < -0.4 is 0 Å². The van der Waals surface area contributed by atoms with Crippen LogP contribution in [-0.2, 0) is 25.3 Å². The zero-order valence-corrected chi connectivity index (χ0v) is 15.6. The highest BCUT2D eigenvalue weighted by molar-refractivity contribution is 7.75. The van der Waals surface area contributed by atoms with E-state index in [1.165, 1.54) is 6.92 Å². The SMILES string of the molecule is CC#N.O=S1O[C@H](c2ccccc2)C(c2ccccc2)(c2ccccc2)O1. The van der Waals surface area contributed by atoms with E-state index in [0.717, 1.165) is 16.7 Å². The van der Waals surface area contributed by atoms with E-state index in [0.29, 0.717) is 0 Å². The molecule has 1 heterocycles. The number of hydrogen-bond acceptors (Lipinski definition) is 4. The summed E-state index contributed by atoms with van der Waals surface area (Å²) in [6.07, 6.45) is -0.496. The summed E-state index contributed by atoms with van der Waals surface area (Å²) in [6, 6.07) is 31.2. The van der Waals surface area contributed by atoms with Crippen molar-refractivity contribution in [3.8, 4) is 6.07 Å². The minimum atomic E-state index is -1.82. The van der Waals surface area contributed by atoms with Gasteiger partial charge in [0.15, 0.2) is 5.60 Å². The van der Waals surface area contributed by atoms with Crippen LogP contribution >= 0.6 is 0 Å². The Kier molecular flexibility index (Phi) is 6.15. The highest BCUT2D eigenvalue weighted by Crippen LogP contribution is 2.51. The molecular formula is C22H19NO3S. The largest absolute Gasteiger partial charge is 0.306 e. The summed E-state index contributed by atoms with van der Waals surface area (Å²) in [5.41, 5.74) is 1.80. The zero-order chi connectivity index (χ0) is 19.1. The summed E-state index contributed by atoms with van der Waals surface area (Å²) in [7, 11) is 0. The standard InChI is InChI=1S/C20H16O3S.C2H3N/c21-24-22-19(16-10-4-1-5-11-16)20(23-24,17-12-6-2-7-13-17)18-14-8-3-9-15-18;1-2-3/h1-15,19H;1H3/t19-,24?;/m1./s1. The van der Waals surface area contributed by atoms with E-state index in [4.69, 9.17) is 13.6 Å². The topological polar surface area (TPSA) is 59.3 Å². The predicted molar refractivity (Wildman–Crippen MR) is 104 cm³/mol. The lowest BCUT2D eigenvalue weighted by molar-refractivity contribution is 0.0737. The maximum Gasteiger partial charge on any atom is 0.306 e. The molecule has 0 aliphatic carbocycles. The van der Waals surface area contributed by atoms with E-state index in [1.54, 1.807) is 6.07 Å². The van der Waals surface area contributed by atoms with E-state index >= 15 is 0 Å². The molecule has 0 saturated carbocycles. The molecule has 1 aliphatic rings. The molecule has 0 radical (unpaired) electrons. The van der Waals surface area contributed by atoms with Crippen molar-refractivity contribution >= 4 is 11.4 Å². The van der Waals surface area contributed by atoms with Crippen LogP contribution in [0.4, 0.5) is 0 Å². The van der Waals surface area contributed by atoms with Crippen molar-refractivity contribution in [1.82, 2.24) is 0 Å². The second kappa shape index (κ2) is 8.74. The van der Waals surface area contributed by atoms with Gasteiger partial charge in [0.2, 0.25) is 0 Å². The minimum Gasteiger partial charge on any atom is -0.256 e. The summed E-state index contributed by atoms with van der Waals surface area (Å²) in [4.78, 5) is 0. The Labute approximate surface area is 161 Å². The predicted octanol–water partition coefficient (Wildman–Crippen LogP) is 4.83. The summed E-state index contributed by atoms with van der Waals surface area (Å²) >= 11 is -1.82. The van der Waals surface area contributed by atoms with Crippen molar-refractivity contribution in [2.45, 2.75) is 18.6 Å². The van der Waals surface area contributed by atoms with Gasteiger partial charge in [-0.15, -0.1) is 0 Å². The van der Waals surface area contributed by atoms with Gasteiger partial charge in [0, 0.05) is 6.92 Å². The number of rotatable bonds is 3. The van der Waals surface area contributed by atoms with Crippen molar-refractivity contribution < 1.29 is 12.6 Å². The first kappa shape index (κ1) is 19.0. The van der Waals surface area contributed by atoms with Gasteiger partial charge in [-0.1, -0.05) is 91.0 Å². The van der Waals surface area contributed by atoms with Crippen LogP contribution in [0.2, 0.25) is 0 Å². The maximum absolute atomic E-state index is 12.3. The molecule has 5 heteroatoms. The van der Waals surface area contributed by atoms with E-state index in [2.05, 4.69) is 0 Å². The molecule has 3 aromatic rings. The molecule has 1 saturated heterocycles. The first-order chi connectivity index (χ1) is 13.2. The van der Waals surface area contributed by atoms with Gasteiger partial charge in [-0.2, -0.15) is 9.47 Å². The van der Waals surface area contributed by atoms with Gasteiger partial charge in [-0.05, 0) is 16.7 Å². The van der Waals surface area contributed by atoms with Gasteiger partial charge in [0.1, 0.15) is 6.10 Å². The van der Waals surface area contributed by atoms with E-state index in [9.17, 15) is 4.21 Å². The van der Waals surface area contributed by atoms with E-state index < -0.39 is 23.1 Å². The number of hydrogen-bond donors (Lipinski definition) is 0. The summed E-state index contributed by atoms with van der Waals surface area (Å²) in [6.45, 7) is 1.43. The number of nitriles is 1. The van der Waals surface area contributed by atoms with Crippen LogP contribution in [0, 0.1) is 11.3 Å². The smallest absolute Gasteiger partial charge is 0.256 e. The Morgan fingerprint density at radius 3 is 1.70 bits per heavy atom. The van der Waals surface area contributed by atoms with Gasteiger partial charge in [-0.3, -0.25) is 4.18 Å². The summed E-state index contributed by atoms with van der Waals surface area (Å²) < 4.78 is 23.9. The highest BCUT2D eigenvalue weighted by Gasteiger charge is 2.53. The van der Waals surface area contributed by atoms with Crippen LogP contribution in [-0.4, -0.2) is 4.21 Å². The highest BCUT2D eigenvalue weighted by atomic mass is 32.2. The second-order valence-electron chi connectivity index (χ2n) is 5.87. The molecule has 0 bridgehead atoms. The molecule has 4 nitrogen and oxygen atoms in total. The van der Waals surface area contributed by atoms with Crippen molar-refractivity contribution in [1.29, 1.82) is 5.26 Å². The maximum atomic E-state index is 12.3. The summed E-state index contributed by atoms with van der Waals surface area (Å²) in [5, 5.41) is 7.32. The fourth-order valence-corrected chi connectivity index (χ4v) is 4.11. The zero-order valence-electron chi connectivity index (χ0n) is 14.8. The third-order valence-corrected chi connectivity index (χ3v) is 5.00. The van der Waals surface area contributed by atoms with Crippen molar-refractivity contribution in [2.75, 3.05) is 0 Å². The first-order valence-electron chi connectivity index (χ1n) is 8.47. The molecule has 1 fully saturated rings. The van der Waals surface area contributed by atoms with Crippen LogP contribution in [0.5, 0.6) is 0 Å². The molecule has 2 atom stereocenters. The van der Waals surface area contributed by atoms with E-state index in [1.807, 2.05) is 91.0 Å². The van der Waals surface area contributed by atoms with Crippen LogP contribution in [0.3, 0.4) is 0 Å². The van der Waals surface area contributed by atoms with Gasteiger partial charge in [-0.25, -0.2) is 4.18 Å². The fourth-order valence-electron chi connectivity index (χ4n) is 3.17. The quantitative estimate of drug-likeness (QED) is 0.656. The fraction of sp³-hybridized carbons (Fsp3) is 0.136. The second-order valence-corrected chi connectivity index (χ2v) is 6.63. The molecule has 3 aromatic carbocycles. The third kappa shape index (κ3) is 3.83. The molecule has 1 aliphatic heterocycles. The van der Waals surface area contributed by atoms with Gasteiger partial charge < -0.3 is 0 Å².